The summed E-state index contributed by atoms with van der Waals surface area (Å²) in [5.74, 6) is 0. The maximum atomic E-state index is 11.2. The Labute approximate surface area is 99.3 Å². The highest BCUT2D eigenvalue weighted by Crippen LogP contribution is 2.07. The van der Waals surface area contributed by atoms with Crippen molar-refractivity contribution in [1.29, 1.82) is 0 Å². The smallest absolute Gasteiger partial charge is 0.0584 e. The van der Waals surface area contributed by atoms with Crippen LogP contribution in [0.2, 0.25) is 0 Å². The van der Waals surface area contributed by atoms with E-state index in [4.69, 9.17) is 5.11 Å². The molecule has 0 radical (unpaired) electrons. The summed E-state index contributed by atoms with van der Waals surface area (Å²) in [4.78, 5) is 0.845. The van der Waals surface area contributed by atoms with Gasteiger partial charge in [-0.1, -0.05) is 19.1 Å². The SMILES string of the molecule is CCC(CO)NCc1ccc(S(C)=O)cc1. The number of aliphatic hydroxyl groups excluding tert-OH is 1. The average Bonchev–Trinajstić information content (AvgIpc) is 2.31. The van der Waals surface area contributed by atoms with Crippen LogP contribution in [-0.2, 0) is 17.3 Å². The van der Waals surface area contributed by atoms with Gasteiger partial charge in [0.15, 0.2) is 0 Å². The zero-order chi connectivity index (χ0) is 12.0. The molecule has 4 heteroatoms. The summed E-state index contributed by atoms with van der Waals surface area (Å²) in [6.45, 7) is 2.93. The molecule has 0 aliphatic carbocycles. The van der Waals surface area contributed by atoms with Gasteiger partial charge in [0.05, 0.1) is 6.61 Å². The van der Waals surface area contributed by atoms with Crippen molar-refractivity contribution >= 4 is 10.8 Å². The Morgan fingerprint density at radius 1 is 1.38 bits per heavy atom. The minimum atomic E-state index is -0.914. The summed E-state index contributed by atoms with van der Waals surface area (Å²) in [5.41, 5.74) is 1.14. The predicted octanol–water partition coefficient (Wildman–Crippen LogP) is 1.28. The van der Waals surface area contributed by atoms with Gasteiger partial charge in [-0.15, -0.1) is 0 Å². The predicted molar refractivity (Wildman–Crippen MR) is 66.8 cm³/mol. The molecule has 0 aromatic heterocycles. The van der Waals surface area contributed by atoms with Crippen LogP contribution >= 0.6 is 0 Å². The number of hydrogen-bond acceptors (Lipinski definition) is 3. The zero-order valence-corrected chi connectivity index (χ0v) is 10.6. The molecule has 0 saturated heterocycles. The first kappa shape index (κ1) is 13.4. The van der Waals surface area contributed by atoms with Crippen molar-refractivity contribution in [2.45, 2.75) is 30.8 Å². The van der Waals surface area contributed by atoms with E-state index in [0.717, 1.165) is 23.4 Å². The van der Waals surface area contributed by atoms with E-state index in [9.17, 15) is 4.21 Å². The third-order valence-corrected chi connectivity index (χ3v) is 3.50. The second-order valence-corrected chi connectivity index (χ2v) is 5.15. The number of nitrogens with one attached hydrogen (secondary N) is 1. The summed E-state index contributed by atoms with van der Waals surface area (Å²) in [7, 11) is -0.914. The fourth-order valence-electron chi connectivity index (χ4n) is 1.40. The van der Waals surface area contributed by atoms with Crippen LogP contribution in [0.25, 0.3) is 0 Å². The van der Waals surface area contributed by atoms with Gasteiger partial charge < -0.3 is 10.4 Å². The van der Waals surface area contributed by atoms with E-state index >= 15 is 0 Å². The Balaban J connectivity index is 2.52. The van der Waals surface area contributed by atoms with E-state index < -0.39 is 10.8 Å². The molecular weight excluding hydrogens is 222 g/mol. The molecule has 2 unspecified atom stereocenters. The summed E-state index contributed by atoms with van der Waals surface area (Å²) in [6.07, 6.45) is 2.58. The molecule has 90 valence electrons. The molecular formula is C12H19NO2S. The summed E-state index contributed by atoms with van der Waals surface area (Å²) < 4.78 is 11.2. The highest BCUT2D eigenvalue weighted by atomic mass is 32.2. The van der Waals surface area contributed by atoms with Gasteiger partial charge in [-0.05, 0) is 24.1 Å². The van der Waals surface area contributed by atoms with E-state index in [0.29, 0.717) is 0 Å². The highest BCUT2D eigenvalue weighted by Gasteiger charge is 2.03. The van der Waals surface area contributed by atoms with E-state index in [1.165, 1.54) is 0 Å². The van der Waals surface area contributed by atoms with Crippen LogP contribution < -0.4 is 5.32 Å². The zero-order valence-electron chi connectivity index (χ0n) is 9.77. The third-order valence-electron chi connectivity index (χ3n) is 2.56. The highest BCUT2D eigenvalue weighted by molar-refractivity contribution is 7.84. The van der Waals surface area contributed by atoms with Crippen molar-refractivity contribution in [3.63, 3.8) is 0 Å². The maximum absolute atomic E-state index is 11.2. The molecule has 0 fully saturated rings. The average molecular weight is 241 g/mol. The number of rotatable bonds is 6. The van der Waals surface area contributed by atoms with Gasteiger partial charge in [-0.3, -0.25) is 4.21 Å². The lowest BCUT2D eigenvalue weighted by molar-refractivity contribution is 0.238. The summed E-state index contributed by atoms with van der Waals surface area (Å²) >= 11 is 0. The van der Waals surface area contributed by atoms with Crippen LogP contribution in [0.1, 0.15) is 18.9 Å². The van der Waals surface area contributed by atoms with Gasteiger partial charge in [0.2, 0.25) is 0 Å². The molecule has 0 aliphatic rings. The van der Waals surface area contributed by atoms with Crippen molar-refractivity contribution in [2.24, 2.45) is 0 Å². The summed E-state index contributed by atoms with van der Waals surface area (Å²) in [6, 6.07) is 7.85. The normalized spacial score (nSPS) is 14.7. The third kappa shape index (κ3) is 4.04. The monoisotopic (exact) mass is 241 g/mol. The van der Waals surface area contributed by atoms with E-state index in [1.807, 2.05) is 31.2 Å². The first-order valence-electron chi connectivity index (χ1n) is 5.44. The molecule has 0 spiro atoms. The van der Waals surface area contributed by atoms with Crippen molar-refractivity contribution in [2.75, 3.05) is 12.9 Å². The second kappa shape index (κ2) is 6.78. The van der Waals surface area contributed by atoms with Gasteiger partial charge in [-0.2, -0.15) is 0 Å². The van der Waals surface area contributed by atoms with Gasteiger partial charge in [0.25, 0.3) is 0 Å². The van der Waals surface area contributed by atoms with E-state index in [2.05, 4.69) is 5.32 Å². The molecule has 0 heterocycles. The molecule has 16 heavy (non-hydrogen) atoms. The molecule has 2 N–H and O–H groups in total. The van der Waals surface area contributed by atoms with E-state index in [1.54, 1.807) is 6.26 Å². The van der Waals surface area contributed by atoms with Crippen molar-refractivity contribution in [3.05, 3.63) is 29.8 Å². The second-order valence-electron chi connectivity index (χ2n) is 3.77. The molecule has 0 amide bonds. The molecule has 2 atom stereocenters. The molecule has 3 nitrogen and oxygen atoms in total. The summed E-state index contributed by atoms with van der Waals surface area (Å²) in [5, 5.41) is 12.3. The number of benzene rings is 1. The van der Waals surface area contributed by atoms with Crippen LogP contribution in [0.15, 0.2) is 29.2 Å². The van der Waals surface area contributed by atoms with Crippen LogP contribution in [-0.4, -0.2) is 28.2 Å². The van der Waals surface area contributed by atoms with Crippen molar-refractivity contribution < 1.29 is 9.32 Å². The van der Waals surface area contributed by atoms with Gasteiger partial charge in [0.1, 0.15) is 0 Å². The van der Waals surface area contributed by atoms with Crippen LogP contribution in [0, 0.1) is 0 Å². The maximum Gasteiger partial charge on any atom is 0.0584 e. The van der Waals surface area contributed by atoms with Crippen LogP contribution in [0.5, 0.6) is 0 Å². The Bertz CT molecular complexity index is 333. The Kier molecular flexibility index (Phi) is 5.66. The van der Waals surface area contributed by atoms with Gasteiger partial charge >= 0.3 is 0 Å². The fourth-order valence-corrected chi connectivity index (χ4v) is 1.92. The Hall–Kier alpha value is -0.710. The largest absolute Gasteiger partial charge is 0.395 e. The first-order valence-corrected chi connectivity index (χ1v) is 6.99. The lowest BCUT2D eigenvalue weighted by atomic mass is 10.2. The van der Waals surface area contributed by atoms with Crippen LogP contribution in [0.3, 0.4) is 0 Å². The van der Waals surface area contributed by atoms with Crippen molar-refractivity contribution in [3.8, 4) is 0 Å². The van der Waals surface area contributed by atoms with Gasteiger partial charge in [-0.25, -0.2) is 0 Å². The molecule has 0 saturated carbocycles. The van der Waals surface area contributed by atoms with Gasteiger partial charge in [0, 0.05) is 34.5 Å². The fraction of sp³-hybridized carbons (Fsp3) is 0.500. The topological polar surface area (TPSA) is 49.3 Å². The van der Waals surface area contributed by atoms with Crippen molar-refractivity contribution in [1.82, 2.24) is 5.32 Å². The Morgan fingerprint density at radius 3 is 2.44 bits per heavy atom. The first-order chi connectivity index (χ1) is 7.67. The number of aliphatic hydroxyl groups is 1. The Morgan fingerprint density at radius 2 is 2.00 bits per heavy atom. The standard InChI is InChI=1S/C12H19NO2S/c1-3-11(9-14)13-8-10-4-6-12(7-5-10)16(2)15/h4-7,11,13-14H,3,8-9H2,1-2H3. The number of hydrogen-bond donors (Lipinski definition) is 2. The van der Waals surface area contributed by atoms with E-state index in [-0.39, 0.29) is 12.6 Å². The lowest BCUT2D eigenvalue weighted by Gasteiger charge is -2.13. The van der Waals surface area contributed by atoms with Crippen LogP contribution in [0.4, 0.5) is 0 Å². The molecule has 1 aromatic carbocycles. The molecule has 0 aliphatic heterocycles. The molecule has 1 aromatic rings. The lowest BCUT2D eigenvalue weighted by Crippen LogP contribution is -2.31. The minimum Gasteiger partial charge on any atom is -0.395 e. The quantitative estimate of drug-likeness (QED) is 0.789. The minimum absolute atomic E-state index is 0.153. The molecule has 1 rings (SSSR count). The molecule has 0 bridgehead atoms.